The number of hydrogen-bond acceptors (Lipinski definition) is 4. The summed E-state index contributed by atoms with van der Waals surface area (Å²) in [6.45, 7) is 1.07. The molecule has 2 aromatic heterocycles. The maximum absolute atomic E-state index is 12.6. The van der Waals surface area contributed by atoms with Crippen LogP contribution < -0.4 is 16.4 Å². The summed E-state index contributed by atoms with van der Waals surface area (Å²) >= 11 is 0. The number of amides is 1. The molecule has 0 saturated carbocycles. The van der Waals surface area contributed by atoms with Gasteiger partial charge in [0.25, 0.3) is 11.1 Å². The first-order valence-corrected chi connectivity index (χ1v) is 10.8. The smallest absolute Gasteiger partial charge is 0.273 e. The second-order valence-electron chi connectivity index (χ2n) is 8.00. The molecular formula is C24H23N5O3. The number of carbonyl (C=O) groups is 1. The lowest BCUT2D eigenvalue weighted by Gasteiger charge is -2.16. The molecule has 4 aromatic rings. The van der Waals surface area contributed by atoms with E-state index in [2.05, 4.69) is 20.0 Å². The van der Waals surface area contributed by atoms with Gasteiger partial charge in [0.05, 0.1) is 17.3 Å². The molecule has 8 nitrogen and oxygen atoms in total. The zero-order chi connectivity index (χ0) is 22.1. The van der Waals surface area contributed by atoms with Crippen molar-refractivity contribution >= 4 is 22.4 Å². The first-order chi connectivity index (χ1) is 15.6. The fourth-order valence-corrected chi connectivity index (χ4v) is 4.21. The van der Waals surface area contributed by atoms with Crippen molar-refractivity contribution in [1.29, 1.82) is 0 Å². The van der Waals surface area contributed by atoms with Crippen LogP contribution in [-0.2, 0) is 24.3 Å². The van der Waals surface area contributed by atoms with E-state index in [1.165, 1.54) is 16.8 Å². The topological polar surface area (TPSA) is 102 Å². The van der Waals surface area contributed by atoms with Crippen LogP contribution in [0.15, 0.2) is 64.3 Å². The number of aromatic nitrogens is 4. The molecule has 0 bridgehead atoms. The Morgan fingerprint density at radius 3 is 2.62 bits per heavy atom. The first kappa shape index (κ1) is 20.0. The van der Waals surface area contributed by atoms with E-state index in [9.17, 15) is 14.4 Å². The number of anilines is 1. The van der Waals surface area contributed by atoms with E-state index < -0.39 is 0 Å². The maximum Gasteiger partial charge on any atom is 0.273 e. The summed E-state index contributed by atoms with van der Waals surface area (Å²) in [6, 6.07) is 14.2. The normalized spacial score (nSPS) is 13.1. The Bertz CT molecular complexity index is 1410. The molecule has 1 aliphatic rings. The fraction of sp³-hybridized carbons (Fsp3) is 0.250. The summed E-state index contributed by atoms with van der Waals surface area (Å²) in [7, 11) is 0. The van der Waals surface area contributed by atoms with Crippen LogP contribution in [0.5, 0.6) is 0 Å². The Kier molecular flexibility index (Phi) is 5.18. The van der Waals surface area contributed by atoms with Gasteiger partial charge < -0.3 is 9.88 Å². The molecule has 5 rings (SSSR count). The van der Waals surface area contributed by atoms with Gasteiger partial charge in [-0.2, -0.15) is 0 Å². The minimum absolute atomic E-state index is 0.0592. The number of benzene rings is 2. The third-order valence-corrected chi connectivity index (χ3v) is 5.88. The van der Waals surface area contributed by atoms with Gasteiger partial charge in [-0.1, -0.05) is 12.1 Å². The van der Waals surface area contributed by atoms with Crippen molar-refractivity contribution in [2.75, 3.05) is 5.32 Å². The summed E-state index contributed by atoms with van der Waals surface area (Å²) in [5.41, 5.74) is 2.28. The number of carbonyl (C=O) groups excluding carboxylic acids is 1. The number of imidazole rings is 1. The highest BCUT2D eigenvalue weighted by Crippen LogP contribution is 2.25. The van der Waals surface area contributed by atoms with Gasteiger partial charge in [-0.25, -0.2) is 9.67 Å². The lowest BCUT2D eigenvalue weighted by Crippen LogP contribution is -2.31. The van der Waals surface area contributed by atoms with Gasteiger partial charge in [0.15, 0.2) is 0 Å². The molecule has 0 saturated heterocycles. The standard InChI is InChI=1S/C24H23N5O3/c30-21(12-14-29-24(32)20-7-2-1-6-19(20)23(31)27-29)26-17-10-8-16(9-11-17)22-25-15-18-5-3-4-13-28(18)22/h1-2,6-11,15H,3-5,12-14H2,(H,26,30)(H,27,31). The number of nitrogens with zero attached hydrogens (tertiary/aromatic N) is 3. The fourth-order valence-electron chi connectivity index (χ4n) is 4.21. The molecule has 0 aliphatic carbocycles. The molecule has 2 N–H and O–H groups in total. The second-order valence-corrected chi connectivity index (χ2v) is 8.00. The van der Waals surface area contributed by atoms with E-state index in [1.807, 2.05) is 30.5 Å². The largest absolute Gasteiger partial charge is 0.328 e. The Labute approximate surface area is 183 Å². The molecule has 32 heavy (non-hydrogen) atoms. The summed E-state index contributed by atoms with van der Waals surface area (Å²) in [6.07, 6.45) is 5.44. The summed E-state index contributed by atoms with van der Waals surface area (Å²) in [4.78, 5) is 41.7. The molecule has 1 amide bonds. The summed E-state index contributed by atoms with van der Waals surface area (Å²) in [5.74, 6) is 0.717. The number of aryl methyl sites for hydroxylation is 2. The van der Waals surface area contributed by atoms with Gasteiger partial charge in [0.2, 0.25) is 5.91 Å². The molecule has 162 valence electrons. The van der Waals surface area contributed by atoms with Crippen molar-refractivity contribution in [3.05, 3.63) is 81.1 Å². The van der Waals surface area contributed by atoms with Crippen molar-refractivity contribution in [3.63, 3.8) is 0 Å². The van der Waals surface area contributed by atoms with Gasteiger partial charge in [0.1, 0.15) is 5.82 Å². The van der Waals surface area contributed by atoms with Crippen LogP contribution in [0, 0.1) is 0 Å². The average Bonchev–Trinajstić information content (AvgIpc) is 3.25. The quantitative estimate of drug-likeness (QED) is 0.509. The van der Waals surface area contributed by atoms with Gasteiger partial charge in [-0.15, -0.1) is 0 Å². The third-order valence-electron chi connectivity index (χ3n) is 5.88. The summed E-state index contributed by atoms with van der Waals surface area (Å²) < 4.78 is 3.45. The van der Waals surface area contributed by atoms with Crippen molar-refractivity contribution in [1.82, 2.24) is 19.3 Å². The van der Waals surface area contributed by atoms with Crippen molar-refractivity contribution in [3.8, 4) is 11.4 Å². The van der Waals surface area contributed by atoms with Crippen LogP contribution in [0.25, 0.3) is 22.2 Å². The number of hydrogen-bond donors (Lipinski definition) is 2. The van der Waals surface area contributed by atoms with Gasteiger partial charge in [0, 0.05) is 36.1 Å². The van der Waals surface area contributed by atoms with Gasteiger partial charge in [-0.3, -0.25) is 19.5 Å². The lowest BCUT2D eigenvalue weighted by atomic mass is 10.1. The van der Waals surface area contributed by atoms with Crippen molar-refractivity contribution < 1.29 is 4.79 Å². The van der Waals surface area contributed by atoms with Crippen molar-refractivity contribution in [2.24, 2.45) is 0 Å². The van der Waals surface area contributed by atoms with E-state index in [0.29, 0.717) is 16.5 Å². The molecule has 2 aromatic carbocycles. The van der Waals surface area contributed by atoms with Gasteiger partial charge in [-0.05, 0) is 55.7 Å². The maximum atomic E-state index is 12.6. The molecule has 8 heteroatoms. The van der Waals surface area contributed by atoms with E-state index in [4.69, 9.17) is 0 Å². The van der Waals surface area contributed by atoms with Crippen LogP contribution in [0.1, 0.15) is 25.0 Å². The third kappa shape index (κ3) is 3.75. The van der Waals surface area contributed by atoms with Crippen LogP contribution in [-0.4, -0.2) is 25.2 Å². The highest BCUT2D eigenvalue weighted by Gasteiger charge is 2.15. The predicted octanol–water partition coefficient (Wildman–Crippen LogP) is 2.92. The minimum Gasteiger partial charge on any atom is -0.328 e. The number of rotatable bonds is 5. The summed E-state index contributed by atoms with van der Waals surface area (Å²) in [5, 5.41) is 6.08. The lowest BCUT2D eigenvalue weighted by molar-refractivity contribution is -0.116. The Morgan fingerprint density at radius 2 is 1.81 bits per heavy atom. The predicted molar refractivity (Wildman–Crippen MR) is 123 cm³/mol. The monoisotopic (exact) mass is 429 g/mol. The second kappa shape index (κ2) is 8.30. The molecule has 0 fully saturated rings. The molecule has 3 heterocycles. The molecule has 0 unspecified atom stereocenters. The number of nitrogens with one attached hydrogen (secondary N) is 2. The SMILES string of the molecule is O=C(CCn1[nH]c(=O)c2ccccc2c1=O)Nc1ccc(-c2ncc3n2CCCC3)cc1. The van der Waals surface area contributed by atoms with E-state index >= 15 is 0 Å². The zero-order valence-electron chi connectivity index (χ0n) is 17.5. The van der Waals surface area contributed by atoms with Crippen LogP contribution >= 0.6 is 0 Å². The van der Waals surface area contributed by atoms with Gasteiger partial charge >= 0.3 is 0 Å². The molecule has 1 aliphatic heterocycles. The van der Waals surface area contributed by atoms with Crippen LogP contribution in [0.3, 0.4) is 0 Å². The van der Waals surface area contributed by atoms with E-state index in [1.54, 1.807) is 24.3 Å². The van der Waals surface area contributed by atoms with E-state index in [-0.39, 0.29) is 30.0 Å². The Morgan fingerprint density at radius 1 is 1.03 bits per heavy atom. The molecule has 0 radical (unpaired) electrons. The molecule has 0 atom stereocenters. The minimum atomic E-state index is -0.350. The Balaban J connectivity index is 1.26. The zero-order valence-corrected chi connectivity index (χ0v) is 17.5. The average molecular weight is 429 g/mol. The first-order valence-electron chi connectivity index (χ1n) is 10.8. The Hall–Kier alpha value is -3.94. The van der Waals surface area contributed by atoms with Crippen LogP contribution in [0.2, 0.25) is 0 Å². The van der Waals surface area contributed by atoms with E-state index in [0.717, 1.165) is 30.8 Å². The van der Waals surface area contributed by atoms with Crippen LogP contribution in [0.4, 0.5) is 5.69 Å². The number of H-pyrrole nitrogens is 1. The highest BCUT2D eigenvalue weighted by atomic mass is 16.2. The molecular weight excluding hydrogens is 406 g/mol. The number of aromatic amines is 1. The van der Waals surface area contributed by atoms with Crippen molar-refractivity contribution in [2.45, 2.75) is 38.8 Å². The highest BCUT2D eigenvalue weighted by molar-refractivity contribution is 5.91. The molecule has 0 spiro atoms. The number of fused-ring (bicyclic) bond motifs is 2.